The molecule has 34 heavy (non-hydrogen) atoms. The molecule has 0 heterocycles. The summed E-state index contributed by atoms with van der Waals surface area (Å²) in [5, 5.41) is 3.87. The van der Waals surface area contributed by atoms with Crippen LogP contribution < -0.4 is 14.4 Å². The molecule has 0 aromatic heterocycles. The van der Waals surface area contributed by atoms with Crippen LogP contribution in [0.15, 0.2) is 95.9 Å². The van der Waals surface area contributed by atoms with Gasteiger partial charge in [-0.3, -0.25) is 9.10 Å². The molecule has 1 amide bonds. The van der Waals surface area contributed by atoms with E-state index in [4.69, 9.17) is 4.74 Å². The average Bonchev–Trinajstić information content (AvgIpc) is 2.84. The molecule has 4 aromatic rings. The molecule has 0 radical (unpaired) electrons. The number of amides is 1. The fraction of sp³-hybridized carbons (Fsp3) is 0.115. The zero-order chi connectivity index (χ0) is 24.1. The summed E-state index contributed by atoms with van der Waals surface area (Å²) in [5.74, 6) is -0.719. The summed E-state index contributed by atoms with van der Waals surface area (Å²) >= 11 is 0. The van der Waals surface area contributed by atoms with Gasteiger partial charge in [0.25, 0.3) is 10.0 Å². The minimum absolute atomic E-state index is 0.0114. The van der Waals surface area contributed by atoms with E-state index >= 15 is 0 Å². The predicted molar refractivity (Wildman–Crippen MR) is 131 cm³/mol. The Morgan fingerprint density at radius 1 is 0.912 bits per heavy atom. The van der Waals surface area contributed by atoms with E-state index in [1.165, 1.54) is 24.3 Å². The maximum atomic E-state index is 14.7. The number of fused-ring (bicyclic) bond motifs is 1. The molecule has 0 aliphatic rings. The first-order valence-corrected chi connectivity index (χ1v) is 12.1. The molecule has 4 aromatic carbocycles. The largest absolute Gasteiger partial charge is 0.494 e. The number of nitrogens with one attached hydrogen (secondary N) is 1. The summed E-state index contributed by atoms with van der Waals surface area (Å²) < 4.78 is 48.5. The van der Waals surface area contributed by atoms with Gasteiger partial charge in [0.15, 0.2) is 0 Å². The standard InChI is InChI=1S/C26H23FN2O4S/c1-2-33-21-16-14-20(15-17-21)28-26(30)18-29(24-12-6-5-11-23(24)27)34(31,32)25-13-7-9-19-8-3-4-10-22(19)25/h3-17H,2,18H2,1H3,(H,28,30). The molecular formula is C26H23FN2O4S. The summed E-state index contributed by atoms with van der Waals surface area (Å²) in [6.45, 7) is 1.76. The number of rotatable bonds is 8. The molecule has 0 aliphatic carbocycles. The third-order valence-corrected chi connectivity index (χ3v) is 6.99. The van der Waals surface area contributed by atoms with Gasteiger partial charge in [-0.1, -0.05) is 48.5 Å². The lowest BCUT2D eigenvalue weighted by Crippen LogP contribution is -2.38. The molecule has 4 rings (SSSR count). The first kappa shape index (κ1) is 23.3. The van der Waals surface area contributed by atoms with Crippen molar-refractivity contribution in [3.63, 3.8) is 0 Å². The van der Waals surface area contributed by atoms with Crippen LogP contribution in [-0.4, -0.2) is 27.5 Å². The first-order valence-electron chi connectivity index (χ1n) is 10.7. The molecule has 0 bridgehead atoms. The maximum Gasteiger partial charge on any atom is 0.265 e. The summed E-state index contributed by atoms with van der Waals surface area (Å²) in [6, 6.07) is 24.0. The smallest absolute Gasteiger partial charge is 0.265 e. The van der Waals surface area contributed by atoms with Crippen molar-refractivity contribution < 1.29 is 22.3 Å². The van der Waals surface area contributed by atoms with Crippen LogP contribution in [0.4, 0.5) is 15.8 Å². The van der Waals surface area contributed by atoms with E-state index in [1.54, 1.807) is 60.7 Å². The van der Waals surface area contributed by atoms with Crippen LogP contribution in [0.5, 0.6) is 5.75 Å². The highest BCUT2D eigenvalue weighted by atomic mass is 32.2. The van der Waals surface area contributed by atoms with Crippen LogP contribution in [0, 0.1) is 5.82 Å². The van der Waals surface area contributed by atoms with E-state index in [0.717, 1.165) is 15.8 Å². The van der Waals surface area contributed by atoms with Crippen molar-refractivity contribution in [3.05, 3.63) is 96.8 Å². The number of ether oxygens (including phenoxy) is 1. The molecule has 0 saturated carbocycles. The lowest BCUT2D eigenvalue weighted by atomic mass is 10.1. The molecule has 6 nitrogen and oxygen atoms in total. The molecule has 0 spiro atoms. The summed E-state index contributed by atoms with van der Waals surface area (Å²) in [6.07, 6.45) is 0. The van der Waals surface area contributed by atoms with Crippen LogP contribution in [0.3, 0.4) is 0 Å². The maximum absolute atomic E-state index is 14.7. The van der Waals surface area contributed by atoms with Gasteiger partial charge in [-0.15, -0.1) is 0 Å². The third kappa shape index (κ3) is 4.87. The van der Waals surface area contributed by atoms with Gasteiger partial charge >= 0.3 is 0 Å². The number of nitrogens with zero attached hydrogens (tertiary/aromatic N) is 1. The molecule has 0 saturated heterocycles. The fourth-order valence-corrected chi connectivity index (χ4v) is 5.27. The monoisotopic (exact) mass is 478 g/mol. The van der Waals surface area contributed by atoms with E-state index in [0.29, 0.717) is 23.4 Å². The number of halogens is 1. The Morgan fingerprint density at radius 3 is 2.32 bits per heavy atom. The van der Waals surface area contributed by atoms with Crippen molar-refractivity contribution in [3.8, 4) is 5.75 Å². The Hall–Kier alpha value is -3.91. The fourth-order valence-electron chi connectivity index (χ4n) is 3.63. The minimum atomic E-state index is -4.29. The van der Waals surface area contributed by atoms with Gasteiger partial charge in [0.2, 0.25) is 5.91 Å². The summed E-state index contributed by atoms with van der Waals surface area (Å²) in [4.78, 5) is 12.9. The van der Waals surface area contributed by atoms with Gasteiger partial charge in [0.05, 0.1) is 17.2 Å². The summed E-state index contributed by atoms with van der Waals surface area (Å²) in [7, 11) is -4.29. The molecule has 8 heteroatoms. The molecular weight excluding hydrogens is 455 g/mol. The van der Waals surface area contributed by atoms with Gasteiger partial charge in [0, 0.05) is 11.1 Å². The number of carbonyl (C=O) groups is 1. The van der Waals surface area contributed by atoms with E-state index in [9.17, 15) is 17.6 Å². The van der Waals surface area contributed by atoms with E-state index in [1.807, 2.05) is 6.92 Å². The number of hydrogen-bond donors (Lipinski definition) is 1. The highest BCUT2D eigenvalue weighted by molar-refractivity contribution is 7.93. The highest BCUT2D eigenvalue weighted by Crippen LogP contribution is 2.30. The topological polar surface area (TPSA) is 75.7 Å². The number of para-hydroxylation sites is 1. The van der Waals surface area contributed by atoms with E-state index < -0.39 is 28.3 Å². The third-order valence-electron chi connectivity index (χ3n) is 5.18. The van der Waals surface area contributed by atoms with Crippen molar-refractivity contribution in [2.24, 2.45) is 0 Å². The zero-order valence-corrected chi connectivity index (χ0v) is 19.3. The van der Waals surface area contributed by atoms with Gasteiger partial charge in [0.1, 0.15) is 18.1 Å². The zero-order valence-electron chi connectivity index (χ0n) is 18.4. The van der Waals surface area contributed by atoms with Gasteiger partial charge in [-0.2, -0.15) is 0 Å². The number of sulfonamides is 1. The van der Waals surface area contributed by atoms with Gasteiger partial charge in [-0.05, 0) is 54.8 Å². The van der Waals surface area contributed by atoms with Gasteiger partial charge in [-0.25, -0.2) is 12.8 Å². The second-order valence-corrected chi connectivity index (χ2v) is 9.28. The van der Waals surface area contributed by atoms with Crippen molar-refractivity contribution >= 4 is 38.1 Å². The molecule has 174 valence electrons. The number of benzene rings is 4. The lowest BCUT2D eigenvalue weighted by Gasteiger charge is -2.25. The number of hydrogen-bond acceptors (Lipinski definition) is 4. The van der Waals surface area contributed by atoms with Crippen LogP contribution >= 0.6 is 0 Å². The highest BCUT2D eigenvalue weighted by Gasteiger charge is 2.30. The quantitative estimate of drug-likeness (QED) is 0.377. The van der Waals surface area contributed by atoms with E-state index in [2.05, 4.69) is 5.32 Å². The Labute approximate surface area is 197 Å². The normalized spacial score (nSPS) is 11.2. The van der Waals surface area contributed by atoms with Crippen LogP contribution in [0.25, 0.3) is 10.8 Å². The average molecular weight is 479 g/mol. The predicted octanol–water partition coefficient (Wildman–Crippen LogP) is 5.21. The molecule has 1 N–H and O–H groups in total. The van der Waals surface area contributed by atoms with Crippen LogP contribution in [-0.2, 0) is 14.8 Å². The van der Waals surface area contributed by atoms with Crippen molar-refractivity contribution in [2.45, 2.75) is 11.8 Å². The summed E-state index contributed by atoms with van der Waals surface area (Å²) in [5.41, 5.74) is 0.252. The first-order chi connectivity index (χ1) is 16.4. The molecule has 0 fully saturated rings. The van der Waals surface area contributed by atoms with Crippen molar-refractivity contribution in [1.29, 1.82) is 0 Å². The minimum Gasteiger partial charge on any atom is -0.494 e. The molecule has 0 aliphatic heterocycles. The Morgan fingerprint density at radius 2 is 1.59 bits per heavy atom. The van der Waals surface area contributed by atoms with Crippen molar-refractivity contribution in [1.82, 2.24) is 0 Å². The second kappa shape index (κ2) is 9.93. The molecule has 0 atom stereocenters. The van der Waals surface area contributed by atoms with Gasteiger partial charge < -0.3 is 10.1 Å². The Kier molecular flexibility index (Phi) is 6.79. The number of carbonyl (C=O) groups excluding carboxylic acids is 1. The Balaban J connectivity index is 1.70. The van der Waals surface area contributed by atoms with Crippen LogP contribution in [0.1, 0.15) is 6.92 Å². The number of anilines is 2. The van der Waals surface area contributed by atoms with E-state index in [-0.39, 0.29) is 10.6 Å². The second-order valence-electron chi connectivity index (χ2n) is 7.45. The van der Waals surface area contributed by atoms with Crippen molar-refractivity contribution in [2.75, 3.05) is 22.8 Å². The molecule has 0 unspecified atom stereocenters. The van der Waals surface area contributed by atoms with Crippen LogP contribution in [0.2, 0.25) is 0 Å². The SMILES string of the molecule is CCOc1ccc(NC(=O)CN(c2ccccc2F)S(=O)(=O)c2cccc3ccccc23)cc1. The Bertz CT molecular complexity index is 1420. The lowest BCUT2D eigenvalue weighted by molar-refractivity contribution is -0.114.